The van der Waals surface area contributed by atoms with E-state index in [9.17, 15) is 0 Å². The third kappa shape index (κ3) is 1.60. The van der Waals surface area contributed by atoms with Gasteiger partial charge in [0.1, 0.15) is 11.3 Å². The lowest BCUT2D eigenvalue weighted by Gasteiger charge is -2.24. The minimum Gasteiger partial charge on any atom is -0.497 e. The van der Waals surface area contributed by atoms with Gasteiger partial charge in [-0.25, -0.2) is 4.98 Å². The standard InChI is InChI=1S/C14H18N2O2/c1-14(7-3-4-12(14)15)13-16-10-6-5-9(17-2)8-11(10)18-13/h5-6,8,12H,3-4,7,15H2,1-2H3. The van der Waals surface area contributed by atoms with Gasteiger partial charge < -0.3 is 14.9 Å². The number of hydrogen-bond acceptors (Lipinski definition) is 4. The van der Waals surface area contributed by atoms with E-state index >= 15 is 0 Å². The van der Waals surface area contributed by atoms with E-state index in [0.717, 1.165) is 42.0 Å². The van der Waals surface area contributed by atoms with Crippen molar-refractivity contribution in [2.75, 3.05) is 7.11 Å². The van der Waals surface area contributed by atoms with Crippen LogP contribution in [0.2, 0.25) is 0 Å². The predicted molar refractivity (Wildman–Crippen MR) is 69.7 cm³/mol. The molecule has 0 amide bonds. The number of rotatable bonds is 2. The molecule has 1 aromatic carbocycles. The Hall–Kier alpha value is -1.55. The van der Waals surface area contributed by atoms with E-state index in [1.165, 1.54) is 0 Å². The average Bonchev–Trinajstić information content (AvgIpc) is 2.94. The molecular formula is C14H18N2O2. The first-order valence-corrected chi connectivity index (χ1v) is 6.34. The molecule has 1 aliphatic carbocycles. The first-order chi connectivity index (χ1) is 8.63. The topological polar surface area (TPSA) is 61.3 Å². The Kier molecular flexibility index (Phi) is 2.55. The quantitative estimate of drug-likeness (QED) is 0.884. The second-order valence-corrected chi connectivity index (χ2v) is 5.27. The Morgan fingerprint density at radius 2 is 2.33 bits per heavy atom. The molecule has 1 fully saturated rings. The zero-order chi connectivity index (χ0) is 12.8. The van der Waals surface area contributed by atoms with Gasteiger partial charge in [-0.05, 0) is 31.9 Å². The normalized spacial score (nSPS) is 27.8. The summed E-state index contributed by atoms with van der Waals surface area (Å²) < 4.78 is 11.1. The number of methoxy groups -OCH3 is 1. The van der Waals surface area contributed by atoms with E-state index in [-0.39, 0.29) is 11.5 Å². The molecule has 18 heavy (non-hydrogen) atoms. The molecule has 0 radical (unpaired) electrons. The van der Waals surface area contributed by atoms with Crippen LogP contribution in [0, 0.1) is 0 Å². The van der Waals surface area contributed by atoms with Crippen molar-refractivity contribution < 1.29 is 9.15 Å². The minimum atomic E-state index is -0.133. The fourth-order valence-electron chi connectivity index (χ4n) is 2.73. The number of ether oxygens (including phenoxy) is 1. The Morgan fingerprint density at radius 1 is 1.50 bits per heavy atom. The van der Waals surface area contributed by atoms with Gasteiger partial charge in [-0.15, -0.1) is 0 Å². The van der Waals surface area contributed by atoms with Crippen molar-refractivity contribution in [3.63, 3.8) is 0 Å². The molecule has 0 saturated heterocycles. The van der Waals surface area contributed by atoms with Crippen LogP contribution in [-0.2, 0) is 5.41 Å². The summed E-state index contributed by atoms with van der Waals surface area (Å²) in [6.45, 7) is 2.15. The Bertz CT molecular complexity index is 578. The van der Waals surface area contributed by atoms with Crippen molar-refractivity contribution in [2.45, 2.75) is 37.6 Å². The van der Waals surface area contributed by atoms with Crippen LogP contribution >= 0.6 is 0 Å². The summed E-state index contributed by atoms with van der Waals surface area (Å²) in [4.78, 5) is 4.59. The molecule has 1 aliphatic rings. The zero-order valence-electron chi connectivity index (χ0n) is 10.8. The first-order valence-electron chi connectivity index (χ1n) is 6.34. The van der Waals surface area contributed by atoms with Crippen molar-refractivity contribution in [2.24, 2.45) is 5.73 Å². The van der Waals surface area contributed by atoms with Gasteiger partial charge in [0.05, 0.1) is 12.5 Å². The van der Waals surface area contributed by atoms with Gasteiger partial charge in [-0.1, -0.05) is 6.42 Å². The van der Waals surface area contributed by atoms with Crippen LogP contribution in [0.1, 0.15) is 32.1 Å². The molecule has 1 heterocycles. The maximum Gasteiger partial charge on any atom is 0.202 e. The van der Waals surface area contributed by atoms with Gasteiger partial charge in [0.15, 0.2) is 5.58 Å². The van der Waals surface area contributed by atoms with Crippen molar-refractivity contribution >= 4 is 11.1 Å². The molecule has 3 rings (SSSR count). The molecule has 96 valence electrons. The molecule has 0 spiro atoms. The molecule has 4 nitrogen and oxygen atoms in total. The van der Waals surface area contributed by atoms with Gasteiger partial charge in [0, 0.05) is 12.1 Å². The summed E-state index contributed by atoms with van der Waals surface area (Å²) in [5.41, 5.74) is 7.70. The third-order valence-electron chi connectivity index (χ3n) is 4.11. The van der Waals surface area contributed by atoms with Gasteiger partial charge in [0.25, 0.3) is 0 Å². The molecule has 2 aromatic rings. The van der Waals surface area contributed by atoms with E-state index in [2.05, 4.69) is 11.9 Å². The molecule has 4 heteroatoms. The minimum absolute atomic E-state index is 0.132. The van der Waals surface area contributed by atoms with Gasteiger partial charge >= 0.3 is 0 Å². The summed E-state index contributed by atoms with van der Waals surface area (Å²) in [6.07, 6.45) is 3.22. The SMILES string of the molecule is COc1ccc2nc(C3(C)CCCC3N)oc2c1. The van der Waals surface area contributed by atoms with Crippen LogP contribution in [0.4, 0.5) is 0 Å². The first kappa shape index (κ1) is 11.5. The highest BCUT2D eigenvalue weighted by atomic mass is 16.5. The van der Waals surface area contributed by atoms with E-state index in [4.69, 9.17) is 14.9 Å². The largest absolute Gasteiger partial charge is 0.497 e. The van der Waals surface area contributed by atoms with Crippen LogP contribution in [0.25, 0.3) is 11.1 Å². The van der Waals surface area contributed by atoms with Crippen molar-refractivity contribution in [3.05, 3.63) is 24.1 Å². The van der Waals surface area contributed by atoms with Crippen LogP contribution < -0.4 is 10.5 Å². The van der Waals surface area contributed by atoms with E-state index in [1.54, 1.807) is 7.11 Å². The highest BCUT2D eigenvalue weighted by molar-refractivity contribution is 5.74. The molecular weight excluding hydrogens is 228 g/mol. The summed E-state index contributed by atoms with van der Waals surface area (Å²) in [6, 6.07) is 5.82. The molecule has 1 aromatic heterocycles. The van der Waals surface area contributed by atoms with Crippen LogP contribution in [-0.4, -0.2) is 18.1 Å². The van der Waals surface area contributed by atoms with Crippen LogP contribution in [0.5, 0.6) is 5.75 Å². The number of nitrogens with two attached hydrogens (primary N) is 1. The molecule has 0 aliphatic heterocycles. The number of benzene rings is 1. The highest BCUT2D eigenvalue weighted by Crippen LogP contribution is 2.40. The average molecular weight is 246 g/mol. The van der Waals surface area contributed by atoms with Crippen LogP contribution in [0.3, 0.4) is 0 Å². The summed E-state index contributed by atoms with van der Waals surface area (Å²) in [5.74, 6) is 1.54. The number of oxazole rings is 1. The lowest BCUT2D eigenvalue weighted by atomic mass is 9.85. The highest BCUT2D eigenvalue weighted by Gasteiger charge is 2.42. The second kappa shape index (κ2) is 3.99. The maximum absolute atomic E-state index is 6.20. The zero-order valence-corrected chi connectivity index (χ0v) is 10.8. The van der Waals surface area contributed by atoms with Crippen LogP contribution in [0.15, 0.2) is 22.6 Å². The molecule has 1 saturated carbocycles. The fourth-order valence-corrected chi connectivity index (χ4v) is 2.73. The summed E-state index contributed by atoms with van der Waals surface area (Å²) >= 11 is 0. The maximum atomic E-state index is 6.20. The van der Waals surface area contributed by atoms with Crippen molar-refractivity contribution in [3.8, 4) is 5.75 Å². The van der Waals surface area contributed by atoms with E-state index < -0.39 is 0 Å². The Labute approximate surface area is 106 Å². The van der Waals surface area contributed by atoms with Crippen molar-refractivity contribution in [1.29, 1.82) is 0 Å². The van der Waals surface area contributed by atoms with Gasteiger partial charge in [-0.2, -0.15) is 0 Å². The second-order valence-electron chi connectivity index (χ2n) is 5.27. The van der Waals surface area contributed by atoms with E-state index in [1.807, 2.05) is 18.2 Å². The predicted octanol–water partition coefficient (Wildman–Crippen LogP) is 2.61. The Balaban J connectivity index is 2.08. The molecule has 2 N–H and O–H groups in total. The van der Waals surface area contributed by atoms with E-state index in [0.29, 0.717) is 0 Å². The van der Waals surface area contributed by atoms with Crippen molar-refractivity contribution in [1.82, 2.24) is 4.98 Å². The van der Waals surface area contributed by atoms with Gasteiger partial charge in [-0.3, -0.25) is 0 Å². The van der Waals surface area contributed by atoms with Gasteiger partial charge in [0.2, 0.25) is 5.89 Å². The monoisotopic (exact) mass is 246 g/mol. The lowest BCUT2D eigenvalue weighted by Crippen LogP contribution is -2.38. The summed E-state index contributed by atoms with van der Waals surface area (Å²) in [7, 11) is 1.65. The molecule has 2 unspecified atom stereocenters. The lowest BCUT2D eigenvalue weighted by molar-refractivity contribution is 0.332. The number of hydrogen-bond donors (Lipinski definition) is 1. The Morgan fingerprint density at radius 3 is 3.00 bits per heavy atom. The number of nitrogens with zero attached hydrogens (tertiary/aromatic N) is 1. The molecule has 0 bridgehead atoms. The number of aromatic nitrogens is 1. The molecule has 2 atom stereocenters. The third-order valence-corrected chi connectivity index (χ3v) is 4.11. The summed E-state index contributed by atoms with van der Waals surface area (Å²) in [5, 5.41) is 0. The fraction of sp³-hybridized carbons (Fsp3) is 0.500. The smallest absolute Gasteiger partial charge is 0.202 e. The number of fused-ring (bicyclic) bond motifs is 1.